The Morgan fingerprint density at radius 2 is 1.75 bits per heavy atom. The van der Waals surface area contributed by atoms with Gasteiger partial charge < -0.3 is 5.32 Å². The molecular formula is C19H16N2O2S. The number of anilines is 1. The minimum Gasteiger partial charge on any atom is -0.325 e. The van der Waals surface area contributed by atoms with Crippen molar-refractivity contribution in [1.82, 2.24) is 4.98 Å². The van der Waals surface area contributed by atoms with E-state index in [1.54, 1.807) is 24.3 Å². The summed E-state index contributed by atoms with van der Waals surface area (Å²) in [6, 6.07) is 16.9. The Bertz CT molecular complexity index is 872. The highest BCUT2D eigenvalue weighted by atomic mass is 32.1. The maximum Gasteiger partial charge on any atom is 0.230 e. The van der Waals surface area contributed by atoms with E-state index in [1.165, 1.54) is 18.3 Å². The normalized spacial score (nSPS) is 10.4. The molecular weight excluding hydrogens is 320 g/mol. The molecule has 5 heteroatoms. The largest absolute Gasteiger partial charge is 0.325 e. The summed E-state index contributed by atoms with van der Waals surface area (Å²) in [6.07, 6.45) is 0.176. The lowest BCUT2D eigenvalue weighted by Gasteiger charge is -2.08. The van der Waals surface area contributed by atoms with E-state index in [4.69, 9.17) is 0 Å². The molecule has 3 rings (SSSR count). The molecule has 1 amide bonds. The average Bonchev–Trinajstić information content (AvgIpc) is 3.04. The second-order valence-corrected chi connectivity index (χ2v) is 6.19. The number of hydrogen-bond acceptors (Lipinski definition) is 4. The molecule has 24 heavy (non-hydrogen) atoms. The van der Waals surface area contributed by atoms with Gasteiger partial charge in [-0.1, -0.05) is 42.5 Å². The topological polar surface area (TPSA) is 59.1 Å². The Hall–Kier alpha value is -2.79. The van der Waals surface area contributed by atoms with Crippen LogP contribution >= 0.6 is 11.3 Å². The van der Waals surface area contributed by atoms with Gasteiger partial charge >= 0.3 is 0 Å². The number of carbonyl (C=O) groups is 2. The molecule has 0 aliphatic heterocycles. The molecule has 120 valence electrons. The van der Waals surface area contributed by atoms with Gasteiger partial charge in [0.15, 0.2) is 5.78 Å². The number of para-hydroxylation sites is 1. The Morgan fingerprint density at radius 1 is 1.04 bits per heavy atom. The van der Waals surface area contributed by atoms with Crippen LogP contribution in [0.2, 0.25) is 0 Å². The van der Waals surface area contributed by atoms with E-state index in [-0.39, 0.29) is 18.1 Å². The van der Waals surface area contributed by atoms with Gasteiger partial charge in [-0.3, -0.25) is 9.59 Å². The molecule has 0 saturated heterocycles. The minimum atomic E-state index is -0.186. The summed E-state index contributed by atoms with van der Waals surface area (Å²) in [5.74, 6) is -0.264. The van der Waals surface area contributed by atoms with Crippen molar-refractivity contribution in [2.24, 2.45) is 0 Å². The zero-order valence-corrected chi connectivity index (χ0v) is 14.0. The molecule has 4 nitrogen and oxygen atoms in total. The van der Waals surface area contributed by atoms with Crippen LogP contribution in [0, 0.1) is 0 Å². The van der Waals surface area contributed by atoms with Gasteiger partial charge in [-0.25, -0.2) is 4.98 Å². The van der Waals surface area contributed by atoms with Crippen LogP contribution < -0.4 is 5.32 Å². The van der Waals surface area contributed by atoms with Crippen molar-refractivity contribution in [2.75, 3.05) is 5.32 Å². The van der Waals surface area contributed by atoms with Crippen molar-refractivity contribution < 1.29 is 9.59 Å². The first kappa shape index (κ1) is 16.1. The van der Waals surface area contributed by atoms with E-state index >= 15 is 0 Å². The molecule has 0 spiro atoms. The molecule has 0 radical (unpaired) electrons. The van der Waals surface area contributed by atoms with Gasteiger partial charge in [0.2, 0.25) is 5.91 Å². The fraction of sp³-hybridized carbons (Fsp3) is 0.105. The first-order chi connectivity index (χ1) is 11.6. The van der Waals surface area contributed by atoms with Crippen molar-refractivity contribution in [3.8, 4) is 10.6 Å². The Labute approximate surface area is 144 Å². The molecule has 0 fully saturated rings. The Balaban J connectivity index is 1.70. The molecule has 0 bridgehead atoms. The zero-order chi connectivity index (χ0) is 16.9. The van der Waals surface area contributed by atoms with Crippen LogP contribution in [0.1, 0.15) is 23.0 Å². The number of benzene rings is 2. The molecule has 0 aliphatic rings. The summed E-state index contributed by atoms with van der Waals surface area (Å²) in [6.45, 7) is 1.48. The van der Waals surface area contributed by atoms with Crippen LogP contribution in [0.4, 0.5) is 5.69 Å². The highest BCUT2D eigenvalue weighted by molar-refractivity contribution is 7.13. The van der Waals surface area contributed by atoms with Gasteiger partial charge in [0.25, 0.3) is 0 Å². The third-order valence-electron chi connectivity index (χ3n) is 3.49. The van der Waals surface area contributed by atoms with E-state index in [0.717, 1.165) is 16.3 Å². The number of nitrogens with one attached hydrogen (secondary N) is 1. The van der Waals surface area contributed by atoms with Crippen LogP contribution in [-0.2, 0) is 11.2 Å². The molecule has 0 atom stereocenters. The van der Waals surface area contributed by atoms with Crippen molar-refractivity contribution in [3.63, 3.8) is 0 Å². The van der Waals surface area contributed by atoms with Gasteiger partial charge in [-0.05, 0) is 19.1 Å². The highest BCUT2D eigenvalue weighted by Gasteiger charge is 2.12. The summed E-state index contributed by atoms with van der Waals surface area (Å²) >= 11 is 1.51. The lowest BCUT2D eigenvalue weighted by atomic mass is 10.1. The quantitative estimate of drug-likeness (QED) is 0.711. The maximum atomic E-state index is 12.2. The van der Waals surface area contributed by atoms with E-state index in [9.17, 15) is 9.59 Å². The van der Waals surface area contributed by atoms with Crippen molar-refractivity contribution >= 4 is 28.7 Å². The number of rotatable bonds is 5. The molecule has 0 unspecified atom stereocenters. The Kier molecular flexibility index (Phi) is 4.82. The van der Waals surface area contributed by atoms with Gasteiger partial charge in [0.05, 0.1) is 17.8 Å². The van der Waals surface area contributed by atoms with Crippen LogP contribution in [0.5, 0.6) is 0 Å². The predicted molar refractivity (Wildman–Crippen MR) is 96.3 cm³/mol. The van der Waals surface area contributed by atoms with E-state index in [2.05, 4.69) is 10.3 Å². The number of thiazole rings is 1. The van der Waals surface area contributed by atoms with Gasteiger partial charge in [-0.15, -0.1) is 11.3 Å². The molecule has 1 aromatic heterocycles. The predicted octanol–water partition coefficient (Wildman–Crippen LogP) is 4.19. The summed E-state index contributed by atoms with van der Waals surface area (Å²) in [7, 11) is 0. The van der Waals surface area contributed by atoms with Crippen molar-refractivity contribution in [2.45, 2.75) is 13.3 Å². The first-order valence-electron chi connectivity index (χ1n) is 7.53. The monoisotopic (exact) mass is 336 g/mol. The summed E-state index contributed by atoms with van der Waals surface area (Å²) in [5.41, 5.74) is 2.80. The van der Waals surface area contributed by atoms with Gasteiger partial charge in [0, 0.05) is 16.5 Å². The molecule has 1 N–H and O–H groups in total. The molecule has 1 heterocycles. The number of hydrogen-bond donors (Lipinski definition) is 1. The van der Waals surface area contributed by atoms with Crippen LogP contribution in [-0.4, -0.2) is 16.7 Å². The standard InChI is InChI=1S/C19H16N2O2S/c1-13(22)16-9-5-6-10-17(16)21-18(23)11-15-12-24-19(20-15)14-7-3-2-4-8-14/h2-10,12H,11H2,1H3,(H,21,23). The lowest BCUT2D eigenvalue weighted by Crippen LogP contribution is -2.16. The van der Waals surface area contributed by atoms with Gasteiger partial charge in [-0.2, -0.15) is 0 Å². The second kappa shape index (κ2) is 7.19. The number of amides is 1. The van der Waals surface area contributed by atoms with Crippen LogP contribution in [0.3, 0.4) is 0 Å². The van der Waals surface area contributed by atoms with E-state index < -0.39 is 0 Å². The number of Topliss-reactive ketones (excluding diaryl/α,β-unsaturated/α-hetero) is 1. The Morgan fingerprint density at radius 3 is 2.50 bits per heavy atom. The third-order valence-corrected chi connectivity index (χ3v) is 4.43. The number of ketones is 1. The minimum absolute atomic E-state index is 0.0778. The van der Waals surface area contributed by atoms with Crippen molar-refractivity contribution in [1.29, 1.82) is 0 Å². The molecule has 0 saturated carbocycles. The number of nitrogens with zero attached hydrogens (tertiary/aromatic N) is 1. The first-order valence-corrected chi connectivity index (χ1v) is 8.41. The zero-order valence-electron chi connectivity index (χ0n) is 13.2. The molecule has 3 aromatic rings. The second-order valence-electron chi connectivity index (χ2n) is 5.34. The lowest BCUT2D eigenvalue weighted by molar-refractivity contribution is -0.115. The van der Waals surface area contributed by atoms with Crippen molar-refractivity contribution in [3.05, 3.63) is 71.2 Å². The summed E-state index contributed by atoms with van der Waals surface area (Å²) in [5, 5.41) is 5.57. The van der Waals surface area contributed by atoms with Crippen LogP contribution in [0.15, 0.2) is 60.0 Å². The number of aromatic nitrogens is 1. The fourth-order valence-electron chi connectivity index (χ4n) is 2.36. The molecule has 0 aliphatic carbocycles. The summed E-state index contributed by atoms with van der Waals surface area (Å²) in [4.78, 5) is 28.4. The van der Waals surface area contributed by atoms with E-state index in [0.29, 0.717) is 11.3 Å². The third kappa shape index (κ3) is 3.75. The van der Waals surface area contributed by atoms with Crippen LogP contribution in [0.25, 0.3) is 10.6 Å². The molecule has 2 aromatic carbocycles. The number of carbonyl (C=O) groups excluding carboxylic acids is 2. The smallest absolute Gasteiger partial charge is 0.230 e. The van der Waals surface area contributed by atoms with E-state index in [1.807, 2.05) is 35.7 Å². The SMILES string of the molecule is CC(=O)c1ccccc1NC(=O)Cc1csc(-c2ccccc2)n1. The highest BCUT2D eigenvalue weighted by Crippen LogP contribution is 2.23. The van der Waals surface area contributed by atoms with Gasteiger partial charge in [0.1, 0.15) is 5.01 Å². The summed E-state index contributed by atoms with van der Waals surface area (Å²) < 4.78 is 0. The maximum absolute atomic E-state index is 12.2. The average molecular weight is 336 g/mol. The fourth-order valence-corrected chi connectivity index (χ4v) is 3.19.